The molecule has 178 valence electrons. The Morgan fingerprint density at radius 1 is 1.00 bits per heavy atom. The molecule has 32 heavy (non-hydrogen) atoms. The summed E-state index contributed by atoms with van der Waals surface area (Å²) in [7, 11) is -0.669. The summed E-state index contributed by atoms with van der Waals surface area (Å²) in [6, 6.07) is 4.90. The van der Waals surface area contributed by atoms with Gasteiger partial charge in [0, 0.05) is 65.6 Å². The first kappa shape index (κ1) is 24.5. The van der Waals surface area contributed by atoms with Crippen LogP contribution in [0.3, 0.4) is 0 Å². The second-order valence-electron chi connectivity index (χ2n) is 8.54. The molecule has 1 aromatic carbocycles. The van der Waals surface area contributed by atoms with Gasteiger partial charge in [-0.1, -0.05) is 0 Å². The second-order valence-corrected chi connectivity index (χ2v) is 10.7. The highest BCUT2D eigenvalue weighted by atomic mass is 32.2. The molecule has 2 aliphatic heterocycles. The van der Waals surface area contributed by atoms with Gasteiger partial charge in [0.1, 0.15) is 0 Å². The van der Waals surface area contributed by atoms with E-state index in [1.807, 2.05) is 6.92 Å². The fourth-order valence-corrected chi connectivity index (χ4v) is 5.18. The van der Waals surface area contributed by atoms with Crippen LogP contribution >= 0.6 is 0 Å². The Balaban J connectivity index is 1.84. The van der Waals surface area contributed by atoms with Gasteiger partial charge in [0.2, 0.25) is 15.9 Å². The first-order chi connectivity index (χ1) is 15.2. The Kier molecular flexibility index (Phi) is 8.13. The summed E-state index contributed by atoms with van der Waals surface area (Å²) in [4.78, 5) is 31.7. The lowest BCUT2D eigenvalue weighted by molar-refractivity contribution is -0.122. The highest BCUT2D eigenvalue weighted by Gasteiger charge is 2.28. The zero-order chi connectivity index (χ0) is 23.3. The summed E-state index contributed by atoms with van der Waals surface area (Å²) in [6.07, 6.45) is 2.88. The average molecular weight is 466 g/mol. The molecule has 2 fully saturated rings. The number of nitrogens with zero attached hydrogens (tertiary/aromatic N) is 4. The SMILES string of the molecule is CCNC(=O)CN1CCCN(C(=O)c2cc(S(=O)(=O)N(C)C)ccc2N2CCCC2)CC1. The van der Waals surface area contributed by atoms with Crippen LogP contribution in [0, 0.1) is 0 Å². The maximum Gasteiger partial charge on any atom is 0.256 e. The number of anilines is 1. The van der Waals surface area contributed by atoms with Crippen LogP contribution in [0.25, 0.3) is 0 Å². The quantitative estimate of drug-likeness (QED) is 0.641. The molecule has 0 spiro atoms. The maximum absolute atomic E-state index is 13.6. The monoisotopic (exact) mass is 465 g/mol. The normalized spacial score (nSPS) is 18.1. The van der Waals surface area contributed by atoms with Gasteiger partial charge in [0.15, 0.2) is 0 Å². The number of likely N-dealkylation sites (N-methyl/N-ethyl adjacent to an activating group) is 1. The molecule has 1 aromatic rings. The molecule has 2 amide bonds. The third kappa shape index (κ3) is 5.60. The number of hydrogen-bond acceptors (Lipinski definition) is 6. The molecule has 0 atom stereocenters. The predicted molar refractivity (Wildman–Crippen MR) is 124 cm³/mol. The molecular weight excluding hydrogens is 430 g/mol. The van der Waals surface area contributed by atoms with Crippen LogP contribution in [0.4, 0.5) is 5.69 Å². The molecule has 9 nitrogen and oxygen atoms in total. The van der Waals surface area contributed by atoms with Gasteiger partial charge < -0.3 is 15.1 Å². The van der Waals surface area contributed by atoms with Crippen molar-refractivity contribution < 1.29 is 18.0 Å². The predicted octanol–water partition coefficient (Wildman–Crippen LogP) is 0.821. The van der Waals surface area contributed by atoms with E-state index in [0.29, 0.717) is 38.3 Å². The number of hydrogen-bond donors (Lipinski definition) is 1. The van der Waals surface area contributed by atoms with E-state index in [9.17, 15) is 18.0 Å². The van der Waals surface area contributed by atoms with Gasteiger partial charge in [-0.2, -0.15) is 0 Å². The van der Waals surface area contributed by atoms with Crippen molar-refractivity contribution >= 4 is 27.5 Å². The van der Waals surface area contributed by atoms with Gasteiger partial charge in [-0.05, 0) is 44.4 Å². The van der Waals surface area contributed by atoms with Crippen molar-refractivity contribution in [3.05, 3.63) is 23.8 Å². The third-order valence-electron chi connectivity index (χ3n) is 6.04. The van der Waals surface area contributed by atoms with Crippen molar-refractivity contribution in [3.8, 4) is 0 Å². The van der Waals surface area contributed by atoms with Gasteiger partial charge in [-0.25, -0.2) is 12.7 Å². The second kappa shape index (κ2) is 10.6. The lowest BCUT2D eigenvalue weighted by Gasteiger charge is -2.26. The fourth-order valence-electron chi connectivity index (χ4n) is 4.25. The van der Waals surface area contributed by atoms with Gasteiger partial charge in [-0.3, -0.25) is 14.5 Å². The van der Waals surface area contributed by atoms with E-state index in [2.05, 4.69) is 15.1 Å². The van der Waals surface area contributed by atoms with Crippen LogP contribution in [0.5, 0.6) is 0 Å². The van der Waals surface area contributed by atoms with Gasteiger partial charge in [0.25, 0.3) is 5.91 Å². The summed E-state index contributed by atoms with van der Waals surface area (Å²) in [5.41, 5.74) is 1.24. The standard InChI is InChI=1S/C22H35N5O4S/c1-4-23-21(28)17-25-10-7-13-27(15-14-25)22(29)19-16-18(32(30,31)24(2)3)8-9-20(19)26-11-5-6-12-26/h8-9,16H,4-7,10-15,17H2,1-3H3,(H,23,28). The minimum Gasteiger partial charge on any atom is -0.371 e. The molecule has 2 heterocycles. The zero-order valence-electron chi connectivity index (χ0n) is 19.3. The molecular formula is C22H35N5O4S. The third-order valence-corrected chi connectivity index (χ3v) is 7.85. The smallest absolute Gasteiger partial charge is 0.256 e. The van der Waals surface area contributed by atoms with Crippen LogP contribution in [0.1, 0.15) is 36.5 Å². The summed E-state index contributed by atoms with van der Waals surface area (Å²) in [5, 5.41) is 2.81. The number of sulfonamides is 1. The molecule has 10 heteroatoms. The summed E-state index contributed by atoms with van der Waals surface area (Å²) in [5.74, 6) is -0.159. The van der Waals surface area contributed by atoms with Crippen molar-refractivity contribution in [3.63, 3.8) is 0 Å². The van der Waals surface area contributed by atoms with Gasteiger partial charge in [0.05, 0.1) is 17.0 Å². The van der Waals surface area contributed by atoms with Crippen LogP contribution in [-0.4, -0.2) is 101 Å². The van der Waals surface area contributed by atoms with Gasteiger partial charge in [-0.15, -0.1) is 0 Å². The molecule has 0 radical (unpaired) electrons. The van der Waals surface area contributed by atoms with E-state index in [1.54, 1.807) is 17.0 Å². The minimum absolute atomic E-state index is 0.00908. The summed E-state index contributed by atoms with van der Waals surface area (Å²) < 4.78 is 26.6. The average Bonchev–Trinajstić information content (AvgIpc) is 3.20. The van der Waals surface area contributed by atoms with Crippen molar-refractivity contribution in [2.24, 2.45) is 0 Å². The Labute approximate surface area is 191 Å². The van der Waals surface area contributed by atoms with Crippen molar-refractivity contribution in [2.45, 2.75) is 31.1 Å². The number of amides is 2. The topological polar surface area (TPSA) is 93.3 Å². The first-order valence-corrected chi connectivity index (χ1v) is 12.8. The van der Waals surface area contributed by atoms with Crippen molar-refractivity contribution in [2.75, 3.05) is 71.4 Å². The van der Waals surface area contributed by atoms with E-state index < -0.39 is 10.0 Å². The van der Waals surface area contributed by atoms with Crippen molar-refractivity contribution in [1.82, 2.24) is 19.4 Å². The van der Waals surface area contributed by atoms with Gasteiger partial charge >= 0.3 is 0 Å². The van der Waals surface area contributed by atoms with E-state index in [0.717, 1.165) is 48.9 Å². The first-order valence-electron chi connectivity index (χ1n) is 11.3. The van der Waals surface area contributed by atoms with E-state index in [1.165, 1.54) is 20.2 Å². The zero-order valence-corrected chi connectivity index (χ0v) is 20.2. The molecule has 0 aliphatic carbocycles. The summed E-state index contributed by atoms with van der Waals surface area (Å²) in [6.45, 7) is 6.97. The Morgan fingerprint density at radius 2 is 1.72 bits per heavy atom. The van der Waals surface area contributed by atoms with Crippen LogP contribution in [0.15, 0.2) is 23.1 Å². The molecule has 0 aromatic heterocycles. The highest BCUT2D eigenvalue weighted by molar-refractivity contribution is 7.89. The lowest BCUT2D eigenvalue weighted by atomic mass is 10.1. The molecule has 0 unspecified atom stereocenters. The molecule has 1 N–H and O–H groups in total. The minimum atomic E-state index is -3.65. The van der Waals surface area contributed by atoms with E-state index in [-0.39, 0.29) is 16.7 Å². The van der Waals surface area contributed by atoms with Crippen LogP contribution in [0.2, 0.25) is 0 Å². The molecule has 0 bridgehead atoms. The number of benzene rings is 1. The Hall–Kier alpha value is -2.17. The molecule has 0 saturated carbocycles. The molecule has 2 aliphatic rings. The van der Waals surface area contributed by atoms with Crippen LogP contribution in [-0.2, 0) is 14.8 Å². The highest BCUT2D eigenvalue weighted by Crippen LogP contribution is 2.29. The van der Waals surface area contributed by atoms with E-state index in [4.69, 9.17) is 0 Å². The van der Waals surface area contributed by atoms with Crippen molar-refractivity contribution in [1.29, 1.82) is 0 Å². The number of carbonyl (C=O) groups excluding carboxylic acids is 2. The maximum atomic E-state index is 13.6. The Bertz CT molecular complexity index is 928. The number of nitrogens with one attached hydrogen (secondary N) is 1. The summed E-state index contributed by atoms with van der Waals surface area (Å²) >= 11 is 0. The number of carbonyl (C=O) groups is 2. The Morgan fingerprint density at radius 3 is 2.38 bits per heavy atom. The lowest BCUT2D eigenvalue weighted by Crippen LogP contribution is -2.40. The van der Waals surface area contributed by atoms with E-state index >= 15 is 0 Å². The fraction of sp³-hybridized carbons (Fsp3) is 0.636. The number of rotatable bonds is 7. The molecule has 3 rings (SSSR count). The molecule has 2 saturated heterocycles. The largest absolute Gasteiger partial charge is 0.371 e. The van der Waals surface area contributed by atoms with Crippen LogP contribution < -0.4 is 10.2 Å².